The lowest BCUT2D eigenvalue weighted by molar-refractivity contribution is -0.384. The van der Waals surface area contributed by atoms with E-state index < -0.39 is 18.3 Å². The Morgan fingerprint density at radius 1 is 1.39 bits per heavy atom. The molecular formula is C15H21BN2O5. The Labute approximate surface area is 135 Å². The molecule has 23 heavy (non-hydrogen) atoms. The van der Waals surface area contributed by atoms with Gasteiger partial charge >= 0.3 is 7.12 Å². The zero-order chi connectivity index (χ0) is 16.6. The van der Waals surface area contributed by atoms with Crippen LogP contribution >= 0.6 is 0 Å². The molecule has 2 saturated heterocycles. The number of nitro benzene ring substituents is 1. The molecule has 1 atom stereocenters. The van der Waals surface area contributed by atoms with E-state index in [-0.39, 0.29) is 11.1 Å². The second-order valence-electron chi connectivity index (χ2n) is 6.94. The molecule has 8 heteroatoms. The van der Waals surface area contributed by atoms with E-state index in [4.69, 9.17) is 9.31 Å². The summed E-state index contributed by atoms with van der Waals surface area (Å²) >= 11 is 0. The van der Waals surface area contributed by atoms with Gasteiger partial charge in [0, 0.05) is 31.2 Å². The lowest BCUT2D eigenvalue weighted by Crippen LogP contribution is -2.47. The predicted octanol–water partition coefficient (Wildman–Crippen LogP) is 1.28. The third-order valence-electron chi connectivity index (χ3n) is 4.25. The maximum Gasteiger partial charge on any atom is 0.494 e. The summed E-state index contributed by atoms with van der Waals surface area (Å²) in [7, 11) is -0.584. The number of anilines is 1. The topological polar surface area (TPSA) is 85.1 Å². The average molecular weight is 320 g/mol. The van der Waals surface area contributed by atoms with Crippen LogP contribution in [0.15, 0.2) is 18.2 Å². The normalized spacial score (nSPS) is 24.0. The largest absolute Gasteiger partial charge is 0.494 e. The first-order valence-corrected chi connectivity index (χ1v) is 7.84. The summed E-state index contributed by atoms with van der Waals surface area (Å²) in [5.41, 5.74) is 0.993. The molecule has 1 unspecified atom stereocenters. The van der Waals surface area contributed by atoms with E-state index in [1.165, 1.54) is 6.07 Å². The van der Waals surface area contributed by atoms with Gasteiger partial charge in [-0.2, -0.15) is 0 Å². The van der Waals surface area contributed by atoms with Crippen molar-refractivity contribution < 1.29 is 19.3 Å². The van der Waals surface area contributed by atoms with E-state index >= 15 is 0 Å². The molecule has 0 aliphatic carbocycles. The van der Waals surface area contributed by atoms with Crippen LogP contribution in [0.5, 0.6) is 0 Å². The predicted molar refractivity (Wildman–Crippen MR) is 86.8 cm³/mol. The van der Waals surface area contributed by atoms with Gasteiger partial charge in [-0.3, -0.25) is 10.1 Å². The summed E-state index contributed by atoms with van der Waals surface area (Å²) in [4.78, 5) is 12.7. The van der Waals surface area contributed by atoms with Crippen molar-refractivity contribution in [3.05, 3.63) is 28.3 Å². The van der Waals surface area contributed by atoms with Crippen molar-refractivity contribution in [2.45, 2.75) is 32.9 Å². The van der Waals surface area contributed by atoms with Gasteiger partial charge in [-0.05, 0) is 24.4 Å². The monoisotopic (exact) mass is 320 g/mol. The molecule has 2 aliphatic rings. The number of rotatable bonds is 3. The van der Waals surface area contributed by atoms with Gasteiger partial charge in [0.2, 0.25) is 0 Å². The Balaban J connectivity index is 1.87. The summed E-state index contributed by atoms with van der Waals surface area (Å²) in [5, 5.41) is 21.4. The van der Waals surface area contributed by atoms with Crippen molar-refractivity contribution in [1.29, 1.82) is 0 Å². The number of aliphatic hydroxyl groups excluding tert-OH is 1. The number of nitrogens with zero attached hydrogens (tertiary/aromatic N) is 2. The Kier molecular flexibility index (Phi) is 4.31. The van der Waals surface area contributed by atoms with E-state index in [1.807, 2.05) is 13.8 Å². The fourth-order valence-corrected chi connectivity index (χ4v) is 2.99. The SMILES string of the molecule is CC1(C)COB(c2ccc(N3CCCC3O)c([N+](=O)[O-])c2)OC1. The molecule has 3 rings (SSSR count). The number of benzene rings is 1. The first kappa shape index (κ1) is 16.2. The molecule has 124 valence electrons. The molecule has 0 amide bonds. The van der Waals surface area contributed by atoms with Crippen LogP contribution in [0.25, 0.3) is 0 Å². The molecule has 2 aliphatic heterocycles. The first-order valence-electron chi connectivity index (χ1n) is 7.84. The first-order chi connectivity index (χ1) is 10.9. The van der Waals surface area contributed by atoms with Crippen molar-refractivity contribution in [2.75, 3.05) is 24.7 Å². The highest BCUT2D eigenvalue weighted by molar-refractivity contribution is 6.61. The van der Waals surface area contributed by atoms with Crippen molar-refractivity contribution in [3.8, 4) is 0 Å². The number of hydrogen-bond acceptors (Lipinski definition) is 6. The zero-order valence-corrected chi connectivity index (χ0v) is 13.4. The van der Waals surface area contributed by atoms with Gasteiger partial charge in [0.05, 0.1) is 4.92 Å². The quantitative estimate of drug-likeness (QED) is 0.513. The molecule has 2 heterocycles. The molecule has 2 fully saturated rings. The van der Waals surface area contributed by atoms with Crippen LogP contribution in [0.1, 0.15) is 26.7 Å². The Morgan fingerprint density at radius 2 is 2.09 bits per heavy atom. The Bertz CT molecular complexity index is 600. The smallest absolute Gasteiger partial charge is 0.407 e. The van der Waals surface area contributed by atoms with Crippen LogP contribution in [0.3, 0.4) is 0 Å². The molecule has 0 bridgehead atoms. The van der Waals surface area contributed by atoms with Crippen LogP contribution < -0.4 is 10.4 Å². The molecule has 0 spiro atoms. The van der Waals surface area contributed by atoms with E-state index in [0.29, 0.717) is 37.3 Å². The highest BCUT2D eigenvalue weighted by Crippen LogP contribution is 2.32. The average Bonchev–Trinajstić information content (AvgIpc) is 2.92. The van der Waals surface area contributed by atoms with E-state index in [1.54, 1.807) is 17.0 Å². The molecule has 7 nitrogen and oxygen atoms in total. The van der Waals surface area contributed by atoms with Crippen LogP contribution in [0.4, 0.5) is 11.4 Å². The van der Waals surface area contributed by atoms with Gasteiger partial charge in [-0.1, -0.05) is 19.9 Å². The van der Waals surface area contributed by atoms with Crippen molar-refractivity contribution in [3.63, 3.8) is 0 Å². The van der Waals surface area contributed by atoms with E-state index in [2.05, 4.69) is 0 Å². The lowest BCUT2D eigenvalue weighted by atomic mass is 9.75. The van der Waals surface area contributed by atoms with Crippen LogP contribution in [-0.4, -0.2) is 43.1 Å². The van der Waals surface area contributed by atoms with Crippen LogP contribution in [0, 0.1) is 15.5 Å². The number of aliphatic hydroxyl groups is 1. The van der Waals surface area contributed by atoms with Gasteiger partial charge in [-0.15, -0.1) is 0 Å². The van der Waals surface area contributed by atoms with Crippen molar-refractivity contribution in [2.24, 2.45) is 5.41 Å². The summed E-state index contributed by atoms with van der Waals surface area (Å²) in [6, 6.07) is 4.94. The van der Waals surface area contributed by atoms with Crippen LogP contribution in [0.2, 0.25) is 0 Å². The maximum atomic E-state index is 11.4. The fourth-order valence-electron chi connectivity index (χ4n) is 2.99. The minimum Gasteiger partial charge on any atom is -0.407 e. The minimum absolute atomic E-state index is 0.0273. The highest BCUT2D eigenvalue weighted by Gasteiger charge is 2.35. The Hall–Kier alpha value is -1.64. The molecule has 0 saturated carbocycles. The summed E-state index contributed by atoms with van der Waals surface area (Å²) in [6.07, 6.45) is 0.787. The molecular weight excluding hydrogens is 299 g/mol. The minimum atomic E-state index is -0.664. The molecule has 0 aromatic heterocycles. The third kappa shape index (κ3) is 3.34. The molecule has 0 radical (unpaired) electrons. The van der Waals surface area contributed by atoms with E-state index in [0.717, 1.165) is 6.42 Å². The Morgan fingerprint density at radius 3 is 2.65 bits per heavy atom. The zero-order valence-electron chi connectivity index (χ0n) is 13.4. The summed E-state index contributed by atoms with van der Waals surface area (Å²) in [5.74, 6) is 0. The third-order valence-corrected chi connectivity index (χ3v) is 4.25. The lowest BCUT2D eigenvalue weighted by Gasteiger charge is -2.33. The van der Waals surface area contributed by atoms with E-state index in [9.17, 15) is 15.2 Å². The van der Waals surface area contributed by atoms with Crippen LogP contribution in [-0.2, 0) is 9.31 Å². The van der Waals surface area contributed by atoms with Crippen molar-refractivity contribution in [1.82, 2.24) is 0 Å². The van der Waals surface area contributed by atoms with Crippen molar-refractivity contribution >= 4 is 24.0 Å². The standard InChI is InChI=1S/C15H21BN2O5/c1-15(2)9-22-16(23-10-15)11-5-6-12(13(8-11)18(20)21)17-7-3-4-14(17)19/h5-6,8,14,19H,3-4,7,9-10H2,1-2H3. The number of hydrogen-bond donors (Lipinski definition) is 1. The fraction of sp³-hybridized carbons (Fsp3) is 0.600. The summed E-state index contributed by atoms with van der Waals surface area (Å²) in [6.45, 7) is 5.79. The molecule has 1 aromatic carbocycles. The van der Waals surface area contributed by atoms with Gasteiger partial charge in [0.25, 0.3) is 5.69 Å². The van der Waals surface area contributed by atoms with Gasteiger partial charge in [-0.25, -0.2) is 0 Å². The summed E-state index contributed by atoms with van der Waals surface area (Å²) < 4.78 is 11.4. The molecule has 1 aromatic rings. The second kappa shape index (κ2) is 6.11. The van der Waals surface area contributed by atoms with Gasteiger partial charge < -0.3 is 19.3 Å². The van der Waals surface area contributed by atoms with Gasteiger partial charge in [0.15, 0.2) is 0 Å². The number of nitro groups is 1. The van der Waals surface area contributed by atoms with Gasteiger partial charge in [0.1, 0.15) is 11.9 Å². The maximum absolute atomic E-state index is 11.4. The highest BCUT2D eigenvalue weighted by atomic mass is 16.6. The molecule has 1 N–H and O–H groups in total. The second-order valence-corrected chi connectivity index (χ2v) is 6.94.